The van der Waals surface area contributed by atoms with Crippen LogP contribution in [0, 0.1) is 0 Å². The molecule has 0 bridgehead atoms. The Balaban J connectivity index is 1.96. The van der Waals surface area contributed by atoms with Gasteiger partial charge in [-0.05, 0) is 40.9 Å². The fourth-order valence-electron chi connectivity index (χ4n) is 3.24. The van der Waals surface area contributed by atoms with Crippen molar-refractivity contribution in [1.82, 2.24) is 0 Å². The van der Waals surface area contributed by atoms with Gasteiger partial charge in [0.15, 0.2) is 8.32 Å². The molecular formula is C29H36O5Si. The van der Waals surface area contributed by atoms with Gasteiger partial charge in [-0.15, -0.1) is 0 Å². The van der Waals surface area contributed by atoms with Gasteiger partial charge in [-0.2, -0.15) is 0 Å². The second-order valence-electron chi connectivity index (χ2n) is 10.0. The second-order valence-corrected chi connectivity index (χ2v) is 14.9. The van der Waals surface area contributed by atoms with Gasteiger partial charge < -0.3 is 18.6 Å². The van der Waals surface area contributed by atoms with E-state index in [9.17, 15) is 4.79 Å². The first-order chi connectivity index (χ1) is 16.6. The van der Waals surface area contributed by atoms with Crippen LogP contribution in [-0.2, 0) is 29.0 Å². The van der Waals surface area contributed by atoms with Crippen LogP contribution in [0.25, 0.3) is 0 Å². The van der Waals surface area contributed by atoms with Crippen molar-refractivity contribution in [2.24, 2.45) is 0 Å². The highest BCUT2D eigenvalue weighted by molar-refractivity contribution is 6.74. The highest BCUT2D eigenvalue weighted by Crippen LogP contribution is 2.38. The molecule has 0 aromatic heterocycles. The summed E-state index contributed by atoms with van der Waals surface area (Å²) in [5.74, 6) is 0.565. The SMILES string of the molecule is COC(=O)c1c(CO[Si](C)(C)C(C)(C)C)cc(OCc2ccccc2)cc1OCc1ccccc1. The Morgan fingerprint density at radius 3 is 1.86 bits per heavy atom. The summed E-state index contributed by atoms with van der Waals surface area (Å²) >= 11 is 0. The Bertz CT molecular complexity index is 1110. The lowest BCUT2D eigenvalue weighted by Gasteiger charge is -2.36. The molecule has 0 N–H and O–H groups in total. The molecule has 0 saturated carbocycles. The molecule has 0 aliphatic carbocycles. The number of rotatable bonds is 10. The average molecular weight is 493 g/mol. The number of carbonyl (C=O) groups is 1. The van der Waals surface area contributed by atoms with Crippen molar-refractivity contribution in [2.45, 2.75) is 58.7 Å². The lowest BCUT2D eigenvalue weighted by atomic mass is 10.1. The van der Waals surface area contributed by atoms with Gasteiger partial charge in [0.1, 0.15) is 30.3 Å². The predicted molar refractivity (Wildman–Crippen MR) is 141 cm³/mol. The molecule has 0 unspecified atom stereocenters. The molecule has 6 heteroatoms. The van der Waals surface area contributed by atoms with Crippen molar-refractivity contribution >= 4 is 14.3 Å². The molecule has 3 rings (SSSR count). The van der Waals surface area contributed by atoms with Crippen LogP contribution in [0.4, 0.5) is 0 Å². The van der Waals surface area contributed by atoms with E-state index in [-0.39, 0.29) is 11.6 Å². The number of hydrogen-bond acceptors (Lipinski definition) is 5. The summed E-state index contributed by atoms with van der Waals surface area (Å²) in [5, 5.41) is 0.0342. The summed E-state index contributed by atoms with van der Waals surface area (Å²) < 4.78 is 23.9. The minimum atomic E-state index is -2.07. The largest absolute Gasteiger partial charge is 0.489 e. The third kappa shape index (κ3) is 7.20. The summed E-state index contributed by atoms with van der Waals surface area (Å²) in [7, 11) is -0.690. The lowest BCUT2D eigenvalue weighted by molar-refractivity contribution is 0.0592. The van der Waals surface area contributed by atoms with E-state index in [1.807, 2.05) is 66.7 Å². The number of ether oxygens (including phenoxy) is 3. The minimum Gasteiger partial charge on any atom is -0.489 e. The number of esters is 1. The van der Waals surface area contributed by atoms with E-state index < -0.39 is 14.3 Å². The monoisotopic (exact) mass is 492 g/mol. The number of benzene rings is 3. The molecule has 3 aromatic carbocycles. The smallest absolute Gasteiger partial charge is 0.342 e. The first-order valence-corrected chi connectivity index (χ1v) is 14.7. The summed E-state index contributed by atoms with van der Waals surface area (Å²) in [4.78, 5) is 12.9. The molecule has 0 spiro atoms. The fourth-order valence-corrected chi connectivity index (χ4v) is 4.19. The van der Waals surface area contributed by atoms with E-state index in [1.165, 1.54) is 7.11 Å². The van der Waals surface area contributed by atoms with E-state index in [0.717, 1.165) is 11.1 Å². The molecule has 5 nitrogen and oxygen atoms in total. The van der Waals surface area contributed by atoms with Crippen molar-refractivity contribution in [1.29, 1.82) is 0 Å². The normalized spacial score (nSPS) is 11.7. The van der Waals surface area contributed by atoms with Gasteiger partial charge in [0, 0.05) is 6.07 Å². The minimum absolute atomic E-state index is 0.0342. The van der Waals surface area contributed by atoms with E-state index in [1.54, 1.807) is 6.07 Å². The predicted octanol–water partition coefficient (Wildman–Crippen LogP) is 7.15. The maximum atomic E-state index is 12.9. The number of methoxy groups -OCH3 is 1. The van der Waals surface area contributed by atoms with Gasteiger partial charge >= 0.3 is 5.97 Å². The lowest BCUT2D eigenvalue weighted by Crippen LogP contribution is -2.40. The molecule has 35 heavy (non-hydrogen) atoms. The summed E-state index contributed by atoms with van der Waals surface area (Å²) in [5.41, 5.74) is 3.11. The van der Waals surface area contributed by atoms with Crippen LogP contribution in [0.1, 0.15) is 47.8 Å². The van der Waals surface area contributed by atoms with Crippen LogP contribution < -0.4 is 9.47 Å². The van der Waals surface area contributed by atoms with Crippen molar-refractivity contribution < 1.29 is 23.4 Å². The molecule has 0 atom stereocenters. The molecule has 0 saturated heterocycles. The van der Waals surface area contributed by atoms with Crippen molar-refractivity contribution in [3.63, 3.8) is 0 Å². The molecular weight excluding hydrogens is 456 g/mol. The highest BCUT2D eigenvalue weighted by atomic mass is 28.4. The number of carbonyl (C=O) groups excluding carboxylic acids is 1. The Morgan fingerprint density at radius 2 is 1.34 bits per heavy atom. The van der Waals surface area contributed by atoms with Crippen molar-refractivity contribution in [2.75, 3.05) is 7.11 Å². The molecule has 0 radical (unpaired) electrons. The zero-order chi connectivity index (χ0) is 25.5. The molecule has 0 amide bonds. The molecule has 0 heterocycles. The third-order valence-electron chi connectivity index (χ3n) is 6.43. The zero-order valence-corrected chi connectivity index (χ0v) is 22.6. The summed E-state index contributed by atoms with van der Waals surface area (Å²) in [6.07, 6.45) is 0. The van der Waals surface area contributed by atoms with Gasteiger partial charge in [-0.25, -0.2) is 4.79 Å². The van der Waals surface area contributed by atoms with Crippen LogP contribution in [0.5, 0.6) is 11.5 Å². The molecule has 0 aliphatic heterocycles. The first kappa shape index (κ1) is 26.5. The van der Waals surface area contributed by atoms with Crippen LogP contribution in [-0.4, -0.2) is 21.4 Å². The second kappa shape index (κ2) is 11.6. The summed E-state index contributed by atoms with van der Waals surface area (Å²) in [6, 6.07) is 23.4. The highest BCUT2D eigenvalue weighted by Gasteiger charge is 2.37. The average Bonchev–Trinajstić information content (AvgIpc) is 2.85. The Morgan fingerprint density at radius 1 is 0.800 bits per heavy atom. The van der Waals surface area contributed by atoms with Gasteiger partial charge in [0.2, 0.25) is 0 Å². The summed E-state index contributed by atoms with van der Waals surface area (Å²) in [6.45, 7) is 11.9. The first-order valence-electron chi connectivity index (χ1n) is 11.8. The zero-order valence-electron chi connectivity index (χ0n) is 21.6. The topological polar surface area (TPSA) is 54.0 Å². The van der Waals surface area contributed by atoms with Gasteiger partial charge in [0.25, 0.3) is 0 Å². The van der Waals surface area contributed by atoms with E-state index in [2.05, 4.69) is 33.9 Å². The maximum Gasteiger partial charge on any atom is 0.342 e. The standard InChI is InChI=1S/C29H36O5Si/c1-29(2,3)35(5,6)34-21-24-17-25(32-19-22-13-9-7-10-14-22)18-26(27(24)28(30)31-4)33-20-23-15-11-8-12-16-23/h7-18H,19-21H2,1-6H3. The van der Waals surface area contributed by atoms with Gasteiger partial charge in [0.05, 0.1) is 13.7 Å². The van der Waals surface area contributed by atoms with Gasteiger partial charge in [-0.3, -0.25) is 0 Å². The molecule has 0 fully saturated rings. The maximum absolute atomic E-state index is 12.9. The van der Waals surface area contributed by atoms with Crippen LogP contribution in [0.15, 0.2) is 72.8 Å². The number of hydrogen-bond donors (Lipinski definition) is 0. The van der Waals surface area contributed by atoms with Crippen LogP contribution in [0.3, 0.4) is 0 Å². The van der Waals surface area contributed by atoms with Crippen molar-refractivity contribution in [3.8, 4) is 11.5 Å². The van der Waals surface area contributed by atoms with E-state index >= 15 is 0 Å². The van der Waals surface area contributed by atoms with Gasteiger partial charge in [-0.1, -0.05) is 81.4 Å². The molecule has 0 aliphatic rings. The van der Waals surface area contributed by atoms with E-state index in [4.69, 9.17) is 18.6 Å². The van der Waals surface area contributed by atoms with Crippen LogP contribution in [0.2, 0.25) is 18.1 Å². The molecule has 3 aromatic rings. The molecule has 186 valence electrons. The Labute approximate surface area is 210 Å². The fraction of sp³-hybridized carbons (Fsp3) is 0.345. The van der Waals surface area contributed by atoms with Crippen LogP contribution >= 0.6 is 0 Å². The van der Waals surface area contributed by atoms with E-state index in [0.29, 0.717) is 35.8 Å². The Hall–Kier alpha value is -3.09. The Kier molecular flexibility index (Phi) is 8.75. The van der Waals surface area contributed by atoms with Crippen molar-refractivity contribution in [3.05, 3.63) is 95.1 Å². The third-order valence-corrected chi connectivity index (χ3v) is 10.9. The quantitative estimate of drug-likeness (QED) is 0.222.